The number of nitrogens with zero attached hydrogens (tertiary/aromatic N) is 2. The molecule has 184 valence electrons. The minimum atomic E-state index is 0.399. The topological polar surface area (TPSA) is 46.9 Å². The third kappa shape index (κ3) is 6.03. The Bertz CT molecular complexity index is 906. The third-order valence-electron chi connectivity index (χ3n) is 7.61. The normalized spacial score (nSPS) is 18.6. The summed E-state index contributed by atoms with van der Waals surface area (Å²) in [5.41, 5.74) is 7.12. The van der Waals surface area contributed by atoms with Crippen LogP contribution in [0.5, 0.6) is 11.5 Å². The molecule has 4 rings (SSSR count). The summed E-state index contributed by atoms with van der Waals surface area (Å²) in [7, 11) is 0. The number of piperidine rings is 2. The van der Waals surface area contributed by atoms with E-state index in [1.165, 1.54) is 60.8 Å². The van der Waals surface area contributed by atoms with Gasteiger partial charge in [0.05, 0.1) is 0 Å². The van der Waals surface area contributed by atoms with Gasteiger partial charge in [-0.15, -0.1) is 0 Å². The summed E-state index contributed by atoms with van der Waals surface area (Å²) in [5, 5.41) is 21.2. The number of phenols is 2. The molecule has 2 aromatic carbocycles. The van der Waals surface area contributed by atoms with E-state index in [1.54, 1.807) is 0 Å². The van der Waals surface area contributed by atoms with E-state index in [0.29, 0.717) is 11.5 Å². The van der Waals surface area contributed by atoms with E-state index in [9.17, 15) is 10.2 Å². The Balaban J connectivity index is 1.64. The molecule has 2 aliphatic rings. The van der Waals surface area contributed by atoms with E-state index in [0.717, 1.165) is 63.2 Å². The lowest BCUT2D eigenvalue weighted by Gasteiger charge is -2.27. The predicted octanol–water partition coefficient (Wildman–Crippen LogP) is 6.80. The van der Waals surface area contributed by atoms with Gasteiger partial charge < -0.3 is 10.2 Å². The summed E-state index contributed by atoms with van der Waals surface area (Å²) >= 11 is 0. The highest BCUT2D eigenvalue weighted by molar-refractivity contribution is 5.91. The van der Waals surface area contributed by atoms with Crippen LogP contribution in [0, 0.1) is 0 Å². The van der Waals surface area contributed by atoms with E-state index < -0.39 is 0 Å². The van der Waals surface area contributed by atoms with E-state index in [4.69, 9.17) is 0 Å². The van der Waals surface area contributed by atoms with Gasteiger partial charge in [-0.2, -0.15) is 0 Å². The molecule has 0 amide bonds. The maximum atomic E-state index is 10.6. The monoisotopic (exact) mass is 462 g/mol. The van der Waals surface area contributed by atoms with Crippen LogP contribution >= 0.6 is 0 Å². The maximum absolute atomic E-state index is 10.6. The van der Waals surface area contributed by atoms with Crippen molar-refractivity contribution >= 4 is 11.1 Å². The molecule has 2 saturated heterocycles. The number of rotatable bonds is 8. The summed E-state index contributed by atoms with van der Waals surface area (Å²) in [6.07, 6.45) is 9.50. The fourth-order valence-corrected chi connectivity index (χ4v) is 5.70. The van der Waals surface area contributed by atoms with Gasteiger partial charge in [0.15, 0.2) is 0 Å². The van der Waals surface area contributed by atoms with Crippen LogP contribution in [0.4, 0.5) is 0 Å². The average molecular weight is 463 g/mol. The second-order valence-corrected chi connectivity index (χ2v) is 10.0. The SMILES string of the molecule is CC/C(=C(/CC)c1ccc(O)c(CN2CCCCC2)c1)c1ccc(O)c(CN2CCCCC2)c1. The molecule has 0 saturated carbocycles. The molecule has 2 heterocycles. The van der Waals surface area contributed by atoms with Crippen molar-refractivity contribution in [3.8, 4) is 11.5 Å². The molecule has 0 spiro atoms. The molecular formula is C30H42N2O2. The zero-order valence-corrected chi connectivity index (χ0v) is 21.2. The first-order chi connectivity index (χ1) is 16.6. The second-order valence-electron chi connectivity index (χ2n) is 10.0. The van der Waals surface area contributed by atoms with Gasteiger partial charge in [-0.05, 0) is 111 Å². The highest BCUT2D eigenvalue weighted by Crippen LogP contribution is 2.35. The van der Waals surface area contributed by atoms with Crippen LogP contribution in [0.1, 0.15) is 87.5 Å². The maximum Gasteiger partial charge on any atom is 0.120 e. The first-order valence-electron chi connectivity index (χ1n) is 13.4. The highest BCUT2D eigenvalue weighted by Gasteiger charge is 2.17. The number of likely N-dealkylation sites (tertiary alicyclic amines) is 2. The van der Waals surface area contributed by atoms with E-state index in [2.05, 4.69) is 47.9 Å². The smallest absolute Gasteiger partial charge is 0.120 e. The Kier molecular flexibility index (Phi) is 8.69. The number of aromatic hydroxyl groups is 2. The second kappa shape index (κ2) is 11.9. The molecule has 0 aliphatic carbocycles. The minimum Gasteiger partial charge on any atom is -0.508 e. The van der Waals surface area contributed by atoms with E-state index >= 15 is 0 Å². The van der Waals surface area contributed by atoms with Crippen molar-refractivity contribution in [3.63, 3.8) is 0 Å². The molecule has 2 aromatic rings. The number of benzene rings is 2. The van der Waals surface area contributed by atoms with Crippen molar-refractivity contribution in [1.82, 2.24) is 9.80 Å². The molecule has 4 heteroatoms. The molecule has 0 atom stereocenters. The van der Waals surface area contributed by atoms with Gasteiger partial charge in [0.2, 0.25) is 0 Å². The zero-order valence-electron chi connectivity index (χ0n) is 21.2. The highest BCUT2D eigenvalue weighted by atomic mass is 16.3. The standard InChI is InChI=1S/C30H42N2O2/c1-3-27(23-11-13-29(33)25(19-23)21-31-15-7-5-8-16-31)28(4-2)24-12-14-30(34)26(20-24)22-32-17-9-6-10-18-32/h11-14,19-20,33-34H,3-10,15-18,21-22H2,1-2H3/b28-27+. The molecule has 2 aliphatic heterocycles. The van der Waals surface area contributed by atoms with E-state index in [-0.39, 0.29) is 0 Å². The Labute approximate surface area is 205 Å². The predicted molar refractivity (Wildman–Crippen MR) is 142 cm³/mol. The van der Waals surface area contributed by atoms with Crippen LogP contribution in [-0.2, 0) is 13.1 Å². The number of phenolic OH excluding ortho intramolecular Hbond substituents is 2. The molecule has 2 N–H and O–H groups in total. The van der Waals surface area contributed by atoms with Crippen molar-refractivity contribution < 1.29 is 10.2 Å². The first-order valence-corrected chi connectivity index (χ1v) is 13.4. The van der Waals surface area contributed by atoms with Crippen LogP contribution in [-0.4, -0.2) is 46.2 Å². The molecule has 0 unspecified atom stereocenters. The quantitative estimate of drug-likeness (QED) is 0.424. The zero-order chi connectivity index (χ0) is 23.9. The Morgan fingerprint density at radius 1 is 0.618 bits per heavy atom. The van der Waals surface area contributed by atoms with Gasteiger partial charge in [0.25, 0.3) is 0 Å². The summed E-state index contributed by atoms with van der Waals surface area (Å²) in [6.45, 7) is 10.5. The van der Waals surface area contributed by atoms with Crippen LogP contribution in [0.15, 0.2) is 36.4 Å². The Morgan fingerprint density at radius 3 is 1.35 bits per heavy atom. The van der Waals surface area contributed by atoms with Gasteiger partial charge in [-0.1, -0.05) is 38.8 Å². The summed E-state index contributed by atoms with van der Waals surface area (Å²) in [6, 6.07) is 12.3. The summed E-state index contributed by atoms with van der Waals surface area (Å²) in [5.74, 6) is 0.799. The van der Waals surface area contributed by atoms with Gasteiger partial charge in [-0.3, -0.25) is 9.80 Å². The fourth-order valence-electron chi connectivity index (χ4n) is 5.70. The van der Waals surface area contributed by atoms with Crippen molar-refractivity contribution in [3.05, 3.63) is 58.7 Å². The third-order valence-corrected chi connectivity index (χ3v) is 7.61. The van der Waals surface area contributed by atoms with Crippen molar-refractivity contribution in [2.24, 2.45) is 0 Å². The molecular weight excluding hydrogens is 420 g/mol. The number of hydrogen-bond acceptors (Lipinski definition) is 4. The first kappa shape index (κ1) is 24.8. The van der Waals surface area contributed by atoms with Gasteiger partial charge in [-0.25, -0.2) is 0 Å². The molecule has 0 radical (unpaired) electrons. The molecule has 0 aromatic heterocycles. The van der Waals surface area contributed by atoms with Gasteiger partial charge in [0.1, 0.15) is 11.5 Å². The van der Waals surface area contributed by atoms with Crippen molar-refractivity contribution in [2.75, 3.05) is 26.2 Å². The van der Waals surface area contributed by atoms with Gasteiger partial charge in [0, 0.05) is 24.2 Å². The van der Waals surface area contributed by atoms with Crippen LogP contribution < -0.4 is 0 Å². The average Bonchev–Trinajstić information content (AvgIpc) is 2.87. The largest absolute Gasteiger partial charge is 0.508 e. The fraction of sp³-hybridized carbons (Fsp3) is 0.533. The Hall–Kier alpha value is -2.30. The number of allylic oxidation sites excluding steroid dienone is 2. The lowest BCUT2D eigenvalue weighted by Crippen LogP contribution is -2.29. The number of hydrogen-bond donors (Lipinski definition) is 2. The minimum absolute atomic E-state index is 0.399. The van der Waals surface area contributed by atoms with E-state index in [1.807, 2.05) is 12.1 Å². The van der Waals surface area contributed by atoms with Crippen molar-refractivity contribution in [2.45, 2.75) is 78.3 Å². The molecule has 2 fully saturated rings. The lowest BCUT2D eigenvalue weighted by molar-refractivity contribution is 0.218. The molecule has 34 heavy (non-hydrogen) atoms. The lowest BCUT2D eigenvalue weighted by atomic mass is 9.89. The van der Waals surface area contributed by atoms with Crippen LogP contribution in [0.3, 0.4) is 0 Å². The Morgan fingerprint density at radius 2 is 1.00 bits per heavy atom. The van der Waals surface area contributed by atoms with Crippen LogP contribution in [0.2, 0.25) is 0 Å². The molecule has 0 bridgehead atoms. The van der Waals surface area contributed by atoms with Gasteiger partial charge >= 0.3 is 0 Å². The summed E-state index contributed by atoms with van der Waals surface area (Å²) < 4.78 is 0. The van der Waals surface area contributed by atoms with Crippen molar-refractivity contribution in [1.29, 1.82) is 0 Å². The summed E-state index contributed by atoms with van der Waals surface area (Å²) in [4.78, 5) is 4.93. The van der Waals surface area contributed by atoms with Crippen LogP contribution in [0.25, 0.3) is 11.1 Å². The molecule has 4 nitrogen and oxygen atoms in total.